The first kappa shape index (κ1) is 11.5. The van der Waals surface area contributed by atoms with Gasteiger partial charge in [-0.05, 0) is 37.2 Å². The number of nitrogens with zero attached hydrogens (tertiary/aromatic N) is 2. The molecule has 1 saturated heterocycles. The standard InChI is InChI=1S/C11H18N4S/c1-8-14-10(12)6-11(15-8)13-7-9-2-4-16-5-3-9/h6,9H,2-5,7H2,1H3,(H3,12,13,14,15). The number of aryl methyl sites for hydroxylation is 1. The number of hydrogen-bond acceptors (Lipinski definition) is 5. The lowest BCUT2D eigenvalue weighted by atomic mass is 10.0. The molecule has 0 aliphatic carbocycles. The Morgan fingerprint density at radius 3 is 2.88 bits per heavy atom. The Morgan fingerprint density at radius 2 is 2.19 bits per heavy atom. The summed E-state index contributed by atoms with van der Waals surface area (Å²) in [5.41, 5.74) is 5.67. The predicted molar refractivity (Wildman–Crippen MR) is 69.7 cm³/mol. The van der Waals surface area contributed by atoms with Crippen LogP contribution in [-0.2, 0) is 0 Å². The second-order valence-corrected chi connectivity index (χ2v) is 5.39. The van der Waals surface area contributed by atoms with E-state index in [1.54, 1.807) is 6.07 Å². The van der Waals surface area contributed by atoms with Gasteiger partial charge in [0.2, 0.25) is 0 Å². The quantitative estimate of drug-likeness (QED) is 0.842. The van der Waals surface area contributed by atoms with Crippen molar-refractivity contribution in [1.29, 1.82) is 0 Å². The summed E-state index contributed by atoms with van der Waals surface area (Å²) < 4.78 is 0. The molecular weight excluding hydrogens is 220 g/mol. The molecule has 0 unspecified atom stereocenters. The van der Waals surface area contributed by atoms with E-state index in [2.05, 4.69) is 27.0 Å². The van der Waals surface area contributed by atoms with Crippen LogP contribution in [0.3, 0.4) is 0 Å². The number of rotatable bonds is 3. The maximum Gasteiger partial charge on any atom is 0.131 e. The van der Waals surface area contributed by atoms with Crippen molar-refractivity contribution in [2.75, 3.05) is 29.1 Å². The molecule has 88 valence electrons. The lowest BCUT2D eigenvalue weighted by Gasteiger charge is -2.21. The van der Waals surface area contributed by atoms with Crippen LogP contribution in [0.1, 0.15) is 18.7 Å². The zero-order chi connectivity index (χ0) is 11.4. The van der Waals surface area contributed by atoms with Crippen molar-refractivity contribution in [1.82, 2.24) is 9.97 Å². The van der Waals surface area contributed by atoms with E-state index in [4.69, 9.17) is 5.73 Å². The minimum atomic E-state index is 0.536. The van der Waals surface area contributed by atoms with Gasteiger partial charge in [-0.3, -0.25) is 0 Å². The van der Waals surface area contributed by atoms with Gasteiger partial charge in [-0.2, -0.15) is 11.8 Å². The topological polar surface area (TPSA) is 63.8 Å². The summed E-state index contributed by atoms with van der Waals surface area (Å²) in [5.74, 6) is 5.46. The van der Waals surface area contributed by atoms with E-state index in [0.717, 1.165) is 24.1 Å². The highest BCUT2D eigenvalue weighted by Gasteiger charge is 2.13. The first-order valence-electron chi connectivity index (χ1n) is 5.67. The van der Waals surface area contributed by atoms with E-state index in [-0.39, 0.29) is 0 Å². The van der Waals surface area contributed by atoms with Crippen LogP contribution in [0.25, 0.3) is 0 Å². The second kappa shape index (κ2) is 5.39. The molecule has 0 bridgehead atoms. The molecule has 2 heterocycles. The number of nitrogen functional groups attached to an aromatic ring is 1. The fourth-order valence-corrected chi connectivity index (χ4v) is 3.08. The van der Waals surface area contributed by atoms with Crippen LogP contribution in [0.4, 0.5) is 11.6 Å². The minimum absolute atomic E-state index is 0.536. The monoisotopic (exact) mass is 238 g/mol. The van der Waals surface area contributed by atoms with Crippen LogP contribution in [0.15, 0.2) is 6.07 Å². The third kappa shape index (κ3) is 3.27. The Hall–Kier alpha value is -0.970. The van der Waals surface area contributed by atoms with Gasteiger partial charge in [-0.15, -0.1) is 0 Å². The van der Waals surface area contributed by atoms with Gasteiger partial charge < -0.3 is 11.1 Å². The van der Waals surface area contributed by atoms with Gasteiger partial charge in [0.1, 0.15) is 17.5 Å². The zero-order valence-electron chi connectivity index (χ0n) is 9.57. The van der Waals surface area contributed by atoms with Gasteiger partial charge in [0.05, 0.1) is 0 Å². The Balaban J connectivity index is 1.88. The Bertz CT molecular complexity index is 330. The predicted octanol–water partition coefficient (Wildman–Crippen LogP) is 1.92. The molecule has 3 N–H and O–H groups in total. The van der Waals surface area contributed by atoms with Gasteiger partial charge in [0.15, 0.2) is 0 Å². The molecule has 1 aromatic rings. The zero-order valence-corrected chi connectivity index (χ0v) is 10.4. The second-order valence-electron chi connectivity index (χ2n) is 4.16. The van der Waals surface area contributed by atoms with Crippen LogP contribution in [-0.4, -0.2) is 28.0 Å². The minimum Gasteiger partial charge on any atom is -0.384 e. The average Bonchev–Trinajstić information content (AvgIpc) is 2.27. The summed E-state index contributed by atoms with van der Waals surface area (Å²) in [6, 6.07) is 1.80. The molecule has 4 nitrogen and oxygen atoms in total. The fourth-order valence-electron chi connectivity index (χ4n) is 1.88. The van der Waals surface area contributed by atoms with Crippen LogP contribution >= 0.6 is 11.8 Å². The van der Waals surface area contributed by atoms with Crippen molar-refractivity contribution >= 4 is 23.4 Å². The largest absolute Gasteiger partial charge is 0.384 e. The number of thioether (sulfide) groups is 1. The van der Waals surface area contributed by atoms with Crippen LogP contribution in [0.2, 0.25) is 0 Å². The molecule has 0 radical (unpaired) electrons. The number of aromatic nitrogens is 2. The molecule has 2 rings (SSSR count). The summed E-state index contributed by atoms with van der Waals surface area (Å²) in [6.07, 6.45) is 2.61. The van der Waals surface area contributed by atoms with Crippen molar-refractivity contribution in [3.63, 3.8) is 0 Å². The third-order valence-corrected chi connectivity index (χ3v) is 3.82. The van der Waals surface area contributed by atoms with E-state index in [1.807, 2.05) is 6.92 Å². The highest BCUT2D eigenvalue weighted by atomic mass is 32.2. The van der Waals surface area contributed by atoms with Crippen molar-refractivity contribution in [3.8, 4) is 0 Å². The van der Waals surface area contributed by atoms with Gasteiger partial charge in [0, 0.05) is 12.6 Å². The van der Waals surface area contributed by atoms with Crippen molar-refractivity contribution < 1.29 is 0 Å². The van der Waals surface area contributed by atoms with E-state index >= 15 is 0 Å². The Kier molecular flexibility index (Phi) is 3.88. The molecule has 1 aromatic heterocycles. The summed E-state index contributed by atoms with van der Waals surface area (Å²) in [7, 11) is 0. The lowest BCUT2D eigenvalue weighted by Crippen LogP contribution is -2.19. The SMILES string of the molecule is Cc1nc(N)cc(NCC2CCSCC2)n1. The number of nitrogens with one attached hydrogen (secondary N) is 1. The maximum absolute atomic E-state index is 5.67. The first-order valence-corrected chi connectivity index (χ1v) is 6.82. The first-order chi connectivity index (χ1) is 7.74. The van der Waals surface area contributed by atoms with Crippen LogP contribution in [0.5, 0.6) is 0 Å². The normalized spacial score (nSPS) is 17.3. The molecule has 1 aliphatic heterocycles. The summed E-state index contributed by atoms with van der Waals surface area (Å²) in [5, 5.41) is 3.36. The molecule has 1 aliphatic rings. The van der Waals surface area contributed by atoms with Gasteiger partial charge >= 0.3 is 0 Å². The smallest absolute Gasteiger partial charge is 0.131 e. The van der Waals surface area contributed by atoms with E-state index in [1.165, 1.54) is 24.3 Å². The van der Waals surface area contributed by atoms with Crippen LogP contribution < -0.4 is 11.1 Å². The molecule has 0 aromatic carbocycles. The summed E-state index contributed by atoms with van der Waals surface area (Å²) >= 11 is 2.05. The number of hydrogen-bond donors (Lipinski definition) is 2. The lowest BCUT2D eigenvalue weighted by molar-refractivity contribution is 0.515. The van der Waals surface area contributed by atoms with E-state index in [9.17, 15) is 0 Å². The van der Waals surface area contributed by atoms with Gasteiger partial charge in [-0.1, -0.05) is 0 Å². The van der Waals surface area contributed by atoms with Gasteiger partial charge in [-0.25, -0.2) is 9.97 Å². The molecular formula is C11H18N4S. The summed E-state index contributed by atoms with van der Waals surface area (Å²) in [4.78, 5) is 8.36. The average molecular weight is 238 g/mol. The summed E-state index contributed by atoms with van der Waals surface area (Å²) in [6.45, 7) is 2.86. The Morgan fingerprint density at radius 1 is 1.44 bits per heavy atom. The molecule has 0 amide bonds. The Labute approximate surface area is 100 Å². The third-order valence-electron chi connectivity index (χ3n) is 2.77. The maximum atomic E-state index is 5.67. The van der Waals surface area contributed by atoms with E-state index in [0.29, 0.717) is 5.82 Å². The van der Waals surface area contributed by atoms with E-state index < -0.39 is 0 Å². The molecule has 5 heteroatoms. The highest BCUT2D eigenvalue weighted by Crippen LogP contribution is 2.22. The molecule has 0 saturated carbocycles. The fraction of sp³-hybridized carbons (Fsp3) is 0.636. The number of anilines is 2. The van der Waals surface area contributed by atoms with Crippen molar-refractivity contribution in [2.45, 2.75) is 19.8 Å². The molecule has 16 heavy (non-hydrogen) atoms. The van der Waals surface area contributed by atoms with Crippen molar-refractivity contribution in [3.05, 3.63) is 11.9 Å². The molecule has 1 fully saturated rings. The molecule has 0 atom stereocenters. The van der Waals surface area contributed by atoms with Crippen LogP contribution in [0, 0.1) is 12.8 Å². The number of nitrogens with two attached hydrogens (primary N) is 1. The van der Waals surface area contributed by atoms with Gasteiger partial charge in [0.25, 0.3) is 0 Å². The van der Waals surface area contributed by atoms with Crippen molar-refractivity contribution in [2.24, 2.45) is 5.92 Å². The highest BCUT2D eigenvalue weighted by molar-refractivity contribution is 7.99. The molecule has 0 spiro atoms.